The summed E-state index contributed by atoms with van der Waals surface area (Å²) in [5.74, 6) is 1.45. The molecule has 7 nitrogen and oxygen atoms in total. The first-order valence-electron chi connectivity index (χ1n) is 10.5. The molecule has 1 aliphatic heterocycles. The van der Waals surface area contributed by atoms with Crippen LogP contribution < -0.4 is 14.8 Å². The Morgan fingerprint density at radius 2 is 1.80 bits per heavy atom. The van der Waals surface area contributed by atoms with E-state index in [0.29, 0.717) is 61.4 Å². The van der Waals surface area contributed by atoms with Gasteiger partial charge in [0, 0.05) is 37.6 Å². The number of hydrogen-bond donors (Lipinski definition) is 1. The van der Waals surface area contributed by atoms with Crippen LogP contribution >= 0.6 is 0 Å². The summed E-state index contributed by atoms with van der Waals surface area (Å²) in [5.41, 5.74) is 1.16. The van der Waals surface area contributed by atoms with Gasteiger partial charge in [-0.2, -0.15) is 0 Å². The molecule has 0 aliphatic carbocycles. The van der Waals surface area contributed by atoms with E-state index in [1.165, 1.54) is 0 Å². The van der Waals surface area contributed by atoms with Crippen molar-refractivity contribution in [3.63, 3.8) is 0 Å². The van der Waals surface area contributed by atoms with Gasteiger partial charge in [-0.25, -0.2) is 0 Å². The Morgan fingerprint density at radius 3 is 2.47 bits per heavy atom. The maximum absolute atomic E-state index is 12.6. The molecule has 1 fully saturated rings. The maximum Gasteiger partial charge on any atom is 0.255 e. The minimum Gasteiger partial charge on any atom is -0.490 e. The van der Waals surface area contributed by atoms with Crippen molar-refractivity contribution in [2.75, 3.05) is 32.8 Å². The van der Waals surface area contributed by atoms with Crippen LogP contribution in [0.3, 0.4) is 0 Å². The number of carbonyl (C=O) groups excluding carboxylic acids is 2. The Bertz CT molecular complexity index is 849. The number of carbonyl (C=O) groups is 2. The van der Waals surface area contributed by atoms with Gasteiger partial charge in [-0.15, -0.1) is 0 Å². The minimum atomic E-state index is -0.132. The van der Waals surface area contributed by atoms with Gasteiger partial charge in [0.15, 0.2) is 11.5 Å². The van der Waals surface area contributed by atoms with Gasteiger partial charge in [0.25, 0.3) is 11.8 Å². The molecule has 0 unspecified atom stereocenters. The molecule has 1 aliphatic rings. The number of ether oxygens (including phenoxy) is 2. The summed E-state index contributed by atoms with van der Waals surface area (Å²) < 4.78 is 11.1. The van der Waals surface area contributed by atoms with Gasteiger partial charge in [0.2, 0.25) is 0 Å². The quantitative estimate of drug-likeness (QED) is 0.722. The molecule has 0 bridgehead atoms. The van der Waals surface area contributed by atoms with E-state index in [2.05, 4.69) is 10.3 Å². The summed E-state index contributed by atoms with van der Waals surface area (Å²) in [6, 6.07) is 8.80. The van der Waals surface area contributed by atoms with Gasteiger partial charge in [0.1, 0.15) is 0 Å². The fraction of sp³-hybridized carbons (Fsp3) is 0.435. The van der Waals surface area contributed by atoms with Gasteiger partial charge in [-0.1, -0.05) is 0 Å². The number of likely N-dealkylation sites (tertiary alicyclic amines) is 1. The maximum atomic E-state index is 12.6. The first-order valence-corrected chi connectivity index (χ1v) is 10.5. The lowest BCUT2D eigenvalue weighted by atomic mass is 9.96. The zero-order chi connectivity index (χ0) is 21.3. The monoisotopic (exact) mass is 411 g/mol. The van der Waals surface area contributed by atoms with Crippen LogP contribution in [-0.2, 0) is 0 Å². The topological polar surface area (TPSA) is 80.8 Å². The first kappa shape index (κ1) is 21.6. The fourth-order valence-electron chi connectivity index (χ4n) is 3.54. The Labute approximate surface area is 177 Å². The van der Waals surface area contributed by atoms with E-state index in [4.69, 9.17) is 9.47 Å². The highest BCUT2D eigenvalue weighted by molar-refractivity contribution is 5.95. The van der Waals surface area contributed by atoms with E-state index >= 15 is 0 Å². The molecule has 160 valence electrons. The largest absolute Gasteiger partial charge is 0.490 e. The van der Waals surface area contributed by atoms with Crippen LogP contribution in [0.2, 0.25) is 0 Å². The van der Waals surface area contributed by atoms with Crippen LogP contribution in [0, 0.1) is 5.92 Å². The van der Waals surface area contributed by atoms with Crippen molar-refractivity contribution in [3.05, 3.63) is 53.9 Å². The van der Waals surface area contributed by atoms with Gasteiger partial charge in [-0.3, -0.25) is 14.6 Å². The van der Waals surface area contributed by atoms with E-state index in [1.807, 2.05) is 18.7 Å². The Morgan fingerprint density at radius 1 is 1.07 bits per heavy atom. The van der Waals surface area contributed by atoms with Gasteiger partial charge < -0.3 is 19.7 Å². The summed E-state index contributed by atoms with van der Waals surface area (Å²) in [7, 11) is 0. The molecular formula is C23H29N3O4. The number of aromatic nitrogens is 1. The standard InChI is InChI=1S/C23H29N3O4/c1-3-29-20-8-7-18(14-21(20)30-4-2)22(27)25-15-17-9-12-26(13-10-17)23(28)19-6-5-11-24-16-19/h5-8,11,14,16-17H,3-4,9-10,12-13,15H2,1-2H3,(H,25,27). The molecule has 2 amide bonds. The summed E-state index contributed by atoms with van der Waals surface area (Å²) in [6.45, 7) is 6.80. The minimum absolute atomic E-state index is 0.0171. The molecule has 3 rings (SSSR count). The zero-order valence-electron chi connectivity index (χ0n) is 17.6. The number of benzene rings is 1. The van der Waals surface area contributed by atoms with Crippen LogP contribution in [0.4, 0.5) is 0 Å². The number of pyridine rings is 1. The van der Waals surface area contributed by atoms with Crippen LogP contribution in [0.25, 0.3) is 0 Å². The third kappa shape index (κ3) is 5.49. The van der Waals surface area contributed by atoms with Crippen molar-refractivity contribution in [1.82, 2.24) is 15.2 Å². The number of piperidine rings is 1. The van der Waals surface area contributed by atoms with Crippen molar-refractivity contribution in [2.24, 2.45) is 5.92 Å². The SMILES string of the molecule is CCOc1ccc(C(=O)NCC2CCN(C(=O)c3cccnc3)CC2)cc1OCC. The molecule has 1 aromatic carbocycles. The molecule has 2 aromatic rings. The van der Waals surface area contributed by atoms with Crippen molar-refractivity contribution in [2.45, 2.75) is 26.7 Å². The predicted molar refractivity (Wildman–Crippen MR) is 114 cm³/mol. The lowest BCUT2D eigenvalue weighted by molar-refractivity contribution is 0.0684. The summed E-state index contributed by atoms with van der Waals surface area (Å²) >= 11 is 0. The van der Waals surface area contributed by atoms with Crippen molar-refractivity contribution in [3.8, 4) is 11.5 Å². The van der Waals surface area contributed by atoms with Gasteiger partial charge in [-0.05, 0) is 62.9 Å². The van der Waals surface area contributed by atoms with E-state index in [-0.39, 0.29) is 11.8 Å². The van der Waals surface area contributed by atoms with Gasteiger partial charge >= 0.3 is 0 Å². The number of amides is 2. The molecule has 0 radical (unpaired) electrons. The summed E-state index contributed by atoms with van der Waals surface area (Å²) in [6.07, 6.45) is 4.98. The molecule has 30 heavy (non-hydrogen) atoms. The molecule has 0 saturated carbocycles. The molecule has 1 aromatic heterocycles. The van der Waals surface area contributed by atoms with E-state index < -0.39 is 0 Å². The first-order chi connectivity index (χ1) is 14.6. The van der Waals surface area contributed by atoms with Crippen LogP contribution in [-0.4, -0.2) is 54.5 Å². The van der Waals surface area contributed by atoms with Crippen LogP contribution in [0.5, 0.6) is 11.5 Å². The Hall–Kier alpha value is -3.09. The highest BCUT2D eigenvalue weighted by atomic mass is 16.5. The lowest BCUT2D eigenvalue weighted by Gasteiger charge is -2.32. The number of nitrogens with zero attached hydrogens (tertiary/aromatic N) is 2. The van der Waals surface area contributed by atoms with Crippen molar-refractivity contribution >= 4 is 11.8 Å². The molecular weight excluding hydrogens is 382 g/mol. The average Bonchev–Trinajstić information content (AvgIpc) is 2.79. The lowest BCUT2D eigenvalue weighted by Crippen LogP contribution is -2.41. The highest BCUT2D eigenvalue weighted by Gasteiger charge is 2.24. The van der Waals surface area contributed by atoms with Crippen molar-refractivity contribution < 1.29 is 19.1 Å². The molecule has 2 heterocycles. The van der Waals surface area contributed by atoms with Crippen LogP contribution in [0.15, 0.2) is 42.7 Å². The van der Waals surface area contributed by atoms with E-state index in [1.54, 1.807) is 42.7 Å². The summed E-state index contributed by atoms with van der Waals surface area (Å²) in [5, 5.41) is 3.02. The Kier molecular flexibility index (Phi) is 7.65. The molecule has 0 atom stereocenters. The predicted octanol–water partition coefficient (Wildman–Crippen LogP) is 3.16. The molecule has 7 heteroatoms. The normalized spacial score (nSPS) is 14.3. The molecule has 0 spiro atoms. The fourth-order valence-corrected chi connectivity index (χ4v) is 3.54. The third-order valence-corrected chi connectivity index (χ3v) is 5.17. The number of hydrogen-bond acceptors (Lipinski definition) is 5. The van der Waals surface area contributed by atoms with E-state index in [9.17, 15) is 9.59 Å². The average molecular weight is 412 g/mol. The van der Waals surface area contributed by atoms with Gasteiger partial charge in [0.05, 0.1) is 18.8 Å². The third-order valence-electron chi connectivity index (χ3n) is 5.17. The second-order valence-electron chi connectivity index (χ2n) is 7.21. The van der Waals surface area contributed by atoms with E-state index in [0.717, 1.165) is 12.8 Å². The zero-order valence-corrected chi connectivity index (χ0v) is 17.6. The number of nitrogens with one attached hydrogen (secondary N) is 1. The van der Waals surface area contributed by atoms with Crippen molar-refractivity contribution in [1.29, 1.82) is 0 Å². The molecule has 1 saturated heterocycles. The smallest absolute Gasteiger partial charge is 0.255 e. The Balaban J connectivity index is 1.50. The second-order valence-corrected chi connectivity index (χ2v) is 7.21. The summed E-state index contributed by atoms with van der Waals surface area (Å²) in [4.78, 5) is 31.0. The molecule has 1 N–H and O–H groups in total. The van der Waals surface area contributed by atoms with Crippen LogP contribution in [0.1, 0.15) is 47.4 Å². The highest BCUT2D eigenvalue weighted by Crippen LogP contribution is 2.28. The second kappa shape index (κ2) is 10.6. The number of rotatable bonds is 8.